The van der Waals surface area contributed by atoms with Crippen LogP contribution in [-0.4, -0.2) is 17.8 Å². The van der Waals surface area contributed by atoms with Crippen LogP contribution in [0.4, 0.5) is 17.6 Å². The molecule has 1 fully saturated rings. The average Bonchev–Trinajstić information content (AvgIpc) is 3.16. The van der Waals surface area contributed by atoms with Crippen molar-refractivity contribution in [3.63, 3.8) is 0 Å². The molecule has 0 radical (unpaired) electrons. The third-order valence-electron chi connectivity index (χ3n) is 3.74. The van der Waals surface area contributed by atoms with E-state index < -0.39 is 23.5 Å². The highest BCUT2D eigenvalue weighted by Crippen LogP contribution is 2.48. The Bertz CT molecular complexity index is 540. The third-order valence-corrected chi connectivity index (χ3v) is 4.14. The second kappa shape index (κ2) is 5.94. The number of halogens is 5. The lowest BCUT2D eigenvalue weighted by molar-refractivity contribution is -0.140. The number of carbonyl (C=O) groups is 1. The van der Waals surface area contributed by atoms with Gasteiger partial charge in [-0.1, -0.05) is 15.9 Å². The Hall–Kier alpha value is -1.11. The zero-order chi connectivity index (χ0) is 15.7. The lowest BCUT2D eigenvalue weighted by atomic mass is 10.0. The minimum atomic E-state index is -4.81. The number of hydrogen-bond acceptors (Lipinski definition) is 1. The van der Waals surface area contributed by atoms with E-state index in [9.17, 15) is 22.4 Å². The summed E-state index contributed by atoms with van der Waals surface area (Å²) in [5, 5.41) is 3.45. The molecule has 2 rings (SSSR count). The molecule has 0 saturated heterocycles. The highest BCUT2D eigenvalue weighted by atomic mass is 79.9. The van der Waals surface area contributed by atoms with Gasteiger partial charge in [0.05, 0.1) is 5.56 Å². The van der Waals surface area contributed by atoms with E-state index in [0.29, 0.717) is 18.7 Å². The normalized spacial score (nSPS) is 16.6. The minimum absolute atomic E-state index is 0.0616. The molecule has 1 aliphatic carbocycles. The number of rotatable bonds is 5. The molecule has 1 saturated carbocycles. The second-order valence-electron chi connectivity index (χ2n) is 5.31. The molecule has 2 nitrogen and oxygen atoms in total. The molecule has 1 amide bonds. The first-order valence-electron chi connectivity index (χ1n) is 6.48. The van der Waals surface area contributed by atoms with Gasteiger partial charge in [0.2, 0.25) is 0 Å². The Labute approximate surface area is 128 Å². The van der Waals surface area contributed by atoms with E-state index in [1.165, 1.54) is 0 Å². The van der Waals surface area contributed by atoms with E-state index in [0.717, 1.165) is 30.7 Å². The summed E-state index contributed by atoms with van der Waals surface area (Å²) >= 11 is 3.34. The fraction of sp³-hybridized carbons (Fsp3) is 0.500. The highest BCUT2D eigenvalue weighted by Gasteiger charge is 2.42. The molecular formula is C14H14BrF4NO. The Balaban J connectivity index is 2.06. The maximum atomic E-state index is 13.2. The summed E-state index contributed by atoms with van der Waals surface area (Å²) in [6.07, 6.45) is -1.91. The summed E-state index contributed by atoms with van der Waals surface area (Å²) in [6, 6.07) is 2.28. The predicted molar refractivity (Wildman–Crippen MR) is 73.8 cm³/mol. The fourth-order valence-corrected chi connectivity index (χ4v) is 2.99. The smallest absolute Gasteiger partial charge is 0.351 e. The number of amides is 1. The van der Waals surface area contributed by atoms with Crippen molar-refractivity contribution in [3.05, 3.63) is 35.1 Å². The van der Waals surface area contributed by atoms with Crippen molar-refractivity contribution in [1.82, 2.24) is 5.32 Å². The van der Waals surface area contributed by atoms with E-state index in [4.69, 9.17) is 0 Å². The zero-order valence-electron chi connectivity index (χ0n) is 11.1. The number of nitrogens with one attached hydrogen (secondary N) is 1. The molecule has 116 valence electrons. The standard InChI is InChI=1S/C14H14BrF4NO/c15-6-5-13(3-4-13)8-20-12(21)9-1-2-11(16)10(7-9)14(17,18)19/h1-2,7H,3-6,8H2,(H,20,21). The van der Waals surface area contributed by atoms with Crippen molar-refractivity contribution in [2.75, 3.05) is 11.9 Å². The van der Waals surface area contributed by atoms with Gasteiger partial charge in [0.1, 0.15) is 5.82 Å². The van der Waals surface area contributed by atoms with E-state index in [1.807, 2.05) is 0 Å². The lowest BCUT2D eigenvalue weighted by Gasteiger charge is -2.15. The molecule has 0 bridgehead atoms. The van der Waals surface area contributed by atoms with Gasteiger partial charge in [0, 0.05) is 17.4 Å². The lowest BCUT2D eigenvalue weighted by Crippen LogP contribution is -2.30. The fourth-order valence-electron chi connectivity index (χ4n) is 2.15. The quantitative estimate of drug-likeness (QED) is 0.614. The monoisotopic (exact) mass is 367 g/mol. The van der Waals surface area contributed by atoms with Crippen LogP contribution in [0.15, 0.2) is 18.2 Å². The van der Waals surface area contributed by atoms with Crippen LogP contribution in [-0.2, 0) is 6.18 Å². The van der Waals surface area contributed by atoms with Gasteiger partial charge in [-0.3, -0.25) is 4.79 Å². The van der Waals surface area contributed by atoms with Crippen LogP contribution in [0.2, 0.25) is 0 Å². The van der Waals surface area contributed by atoms with Crippen LogP contribution in [0.1, 0.15) is 35.2 Å². The van der Waals surface area contributed by atoms with Crippen LogP contribution in [0, 0.1) is 11.2 Å². The zero-order valence-corrected chi connectivity index (χ0v) is 12.7. The molecule has 7 heteroatoms. The van der Waals surface area contributed by atoms with Gasteiger partial charge in [-0.15, -0.1) is 0 Å². The Morgan fingerprint density at radius 3 is 2.52 bits per heavy atom. The van der Waals surface area contributed by atoms with Crippen molar-refractivity contribution in [2.45, 2.75) is 25.4 Å². The Morgan fingerprint density at radius 1 is 1.33 bits per heavy atom. The molecule has 1 N–H and O–H groups in total. The summed E-state index contributed by atoms with van der Waals surface area (Å²) in [6.45, 7) is 0.427. The molecule has 1 aromatic rings. The largest absolute Gasteiger partial charge is 0.419 e. The Morgan fingerprint density at radius 2 is 2.00 bits per heavy atom. The summed E-state index contributed by atoms with van der Waals surface area (Å²) in [4.78, 5) is 11.9. The first-order valence-corrected chi connectivity index (χ1v) is 7.60. The van der Waals surface area contributed by atoms with Crippen molar-refractivity contribution >= 4 is 21.8 Å². The Kier molecular flexibility index (Phi) is 4.60. The summed E-state index contributed by atoms with van der Waals surface area (Å²) < 4.78 is 51.0. The number of carbonyl (C=O) groups excluding carboxylic acids is 1. The molecule has 0 atom stereocenters. The molecule has 0 aromatic heterocycles. The molecule has 0 heterocycles. The van der Waals surface area contributed by atoms with Gasteiger partial charge in [-0.25, -0.2) is 4.39 Å². The van der Waals surface area contributed by atoms with Crippen molar-refractivity contribution in [3.8, 4) is 0 Å². The van der Waals surface area contributed by atoms with E-state index >= 15 is 0 Å². The maximum absolute atomic E-state index is 13.2. The topological polar surface area (TPSA) is 29.1 Å². The van der Waals surface area contributed by atoms with Crippen LogP contribution in [0.5, 0.6) is 0 Å². The van der Waals surface area contributed by atoms with E-state index in [2.05, 4.69) is 21.2 Å². The van der Waals surface area contributed by atoms with Gasteiger partial charge >= 0.3 is 6.18 Å². The van der Waals surface area contributed by atoms with Gasteiger partial charge in [-0.05, 0) is 42.9 Å². The van der Waals surface area contributed by atoms with E-state index in [1.54, 1.807) is 0 Å². The summed E-state index contributed by atoms with van der Waals surface area (Å²) in [5.74, 6) is -1.99. The van der Waals surface area contributed by atoms with Crippen LogP contribution in [0.25, 0.3) is 0 Å². The molecular weight excluding hydrogens is 354 g/mol. The van der Waals surface area contributed by atoms with Gasteiger partial charge in [0.15, 0.2) is 0 Å². The molecule has 1 aromatic carbocycles. The molecule has 1 aliphatic rings. The van der Waals surface area contributed by atoms with Gasteiger partial charge in [-0.2, -0.15) is 13.2 Å². The molecule has 0 aliphatic heterocycles. The van der Waals surface area contributed by atoms with Crippen molar-refractivity contribution in [1.29, 1.82) is 0 Å². The van der Waals surface area contributed by atoms with E-state index in [-0.39, 0.29) is 11.0 Å². The first-order chi connectivity index (χ1) is 9.77. The van der Waals surface area contributed by atoms with Crippen molar-refractivity contribution in [2.24, 2.45) is 5.41 Å². The number of alkyl halides is 4. The summed E-state index contributed by atoms with van der Waals surface area (Å²) in [7, 11) is 0. The molecule has 0 spiro atoms. The summed E-state index contributed by atoms with van der Waals surface area (Å²) in [5.41, 5.74) is -1.54. The SMILES string of the molecule is O=C(NCC1(CCBr)CC1)c1ccc(F)c(C(F)(F)F)c1. The van der Waals surface area contributed by atoms with Gasteiger partial charge < -0.3 is 5.32 Å². The number of hydrogen-bond donors (Lipinski definition) is 1. The minimum Gasteiger partial charge on any atom is -0.351 e. The maximum Gasteiger partial charge on any atom is 0.419 e. The molecule has 21 heavy (non-hydrogen) atoms. The average molecular weight is 368 g/mol. The van der Waals surface area contributed by atoms with Crippen molar-refractivity contribution < 1.29 is 22.4 Å². The highest BCUT2D eigenvalue weighted by molar-refractivity contribution is 9.09. The van der Waals surface area contributed by atoms with Crippen LogP contribution >= 0.6 is 15.9 Å². The number of benzene rings is 1. The third kappa shape index (κ3) is 3.96. The predicted octanol–water partition coefficient (Wildman–Crippen LogP) is 4.14. The van der Waals surface area contributed by atoms with Crippen LogP contribution < -0.4 is 5.32 Å². The van der Waals surface area contributed by atoms with Crippen LogP contribution in [0.3, 0.4) is 0 Å². The second-order valence-corrected chi connectivity index (χ2v) is 6.11. The molecule has 0 unspecified atom stereocenters. The first kappa shape index (κ1) is 16.3. The van der Waals surface area contributed by atoms with Gasteiger partial charge in [0.25, 0.3) is 5.91 Å².